The van der Waals surface area contributed by atoms with E-state index in [0.29, 0.717) is 0 Å². The fraction of sp³-hybridized carbons (Fsp3) is 1.00. The number of aliphatic hydroxyl groups is 1. The molecule has 0 aromatic heterocycles. The van der Waals surface area contributed by atoms with E-state index in [1.54, 1.807) is 0 Å². The molecule has 7 N–H and O–H groups in total. The first kappa shape index (κ1) is 31.7. The van der Waals surface area contributed by atoms with Gasteiger partial charge in [0.25, 0.3) is 0 Å². The van der Waals surface area contributed by atoms with Gasteiger partial charge < -0.3 is 49.1 Å². The van der Waals surface area contributed by atoms with E-state index in [9.17, 15) is 24.7 Å². The van der Waals surface area contributed by atoms with E-state index in [-0.39, 0.29) is 47.4 Å². The first-order chi connectivity index (χ1) is 15.8. The Balaban J connectivity index is 2.52. The van der Waals surface area contributed by atoms with Crippen molar-refractivity contribution in [3.63, 3.8) is 0 Å². The van der Waals surface area contributed by atoms with Crippen LogP contribution in [0.2, 0.25) is 0 Å². The fourth-order valence-electron chi connectivity index (χ4n) is 6.66. The van der Waals surface area contributed by atoms with Crippen molar-refractivity contribution < 1.29 is 38.5 Å². The van der Waals surface area contributed by atoms with Crippen LogP contribution < -0.4 is 10.6 Å². The Bertz CT molecular complexity index is 646. The number of hydrogen-bond acceptors (Lipinski definition) is 10. The van der Waals surface area contributed by atoms with E-state index in [4.69, 9.17) is 13.8 Å². The third kappa shape index (κ3) is 9.61. The van der Waals surface area contributed by atoms with Crippen LogP contribution in [0.1, 0.15) is 81.1 Å². The number of ether oxygens (including phenoxy) is 1. The van der Waals surface area contributed by atoms with Gasteiger partial charge in [0.2, 0.25) is 0 Å². The first-order valence-electron chi connectivity index (χ1n) is 12.3. The van der Waals surface area contributed by atoms with Crippen molar-refractivity contribution in [3.8, 4) is 0 Å². The largest absolute Gasteiger partial charge is 0.396 e. The molecule has 2 saturated heterocycles. The Morgan fingerprint density at radius 1 is 0.743 bits per heavy atom. The zero-order valence-electron chi connectivity index (χ0n) is 22.5. The number of aliphatic hydroxyl groups excluding tert-OH is 1. The third-order valence-electron chi connectivity index (χ3n) is 7.00. The monoisotopic (exact) mass is 542 g/mol. The molecule has 1 atom stereocenters. The average Bonchev–Trinajstić information content (AvgIpc) is 2.62. The summed E-state index contributed by atoms with van der Waals surface area (Å²) < 4.78 is 17.4. The van der Waals surface area contributed by atoms with Crippen LogP contribution in [0, 0.1) is 11.3 Å². The lowest BCUT2D eigenvalue weighted by Crippen LogP contribution is -2.64. The van der Waals surface area contributed by atoms with E-state index < -0.39 is 35.3 Å². The number of hydrogen-bond donors (Lipinski definition) is 7. The topological polar surface area (TPSA) is 153 Å². The van der Waals surface area contributed by atoms with Crippen molar-refractivity contribution in [1.29, 1.82) is 0 Å². The van der Waals surface area contributed by atoms with Gasteiger partial charge in [-0.2, -0.15) is 0 Å². The van der Waals surface area contributed by atoms with Crippen molar-refractivity contribution >= 4 is 17.2 Å². The third-order valence-corrected chi connectivity index (χ3v) is 7.72. The highest BCUT2D eigenvalue weighted by molar-refractivity contribution is 7.39. The van der Waals surface area contributed by atoms with E-state index >= 15 is 0 Å². The van der Waals surface area contributed by atoms with Crippen LogP contribution in [-0.4, -0.2) is 78.9 Å². The maximum atomic E-state index is 10.7. The number of rotatable bonds is 11. The Kier molecular flexibility index (Phi) is 10.6. The summed E-state index contributed by atoms with van der Waals surface area (Å²) in [6, 6.07) is 0. The summed E-state index contributed by atoms with van der Waals surface area (Å²) in [5.74, 6) is -0.0473. The first-order valence-corrected chi connectivity index (χ1v) is 14.6. The molecular weight excluding hydrogens is 494 g/mol. The molecule has 0 spiro atoms. The Hall–Kier alpha value is 0.460. The molecule has 10 nitrogen and oxygen atoms in total. The zero-order chi connectivity index (χ0) is 26.9. The summed E-state index contributed by atoms with van der Waals surface area (Å²) in [7, 11) is -5.38. The van der Waals surface area contributed by atoms with Gasteiger partial charge in [0.1, 0.15) is 0 Å². The lowest BCUT2D eigenvalue weighted by molar-refractivity contribution is -0.179. The summed E-state index contributed by atoms with van der Waals surface area (Å²) in [4.78, 5) is 38.1. The van der Waals surface area contributed by atoms with E-state index in [1.165, 1.54) is 0 Å². The molecule has 0 amide bonds. The maximum Gasteiger partial charge on any atom is 0.327 e. The molecule has 0 bridgehead atoms. The van der Waals surface area contributed by atoms with Crippen LogP contribution >= 0.6 is 17.2 Å². The van der Waals surface area contributed by atoms with Gasteiger partial charge in [0, 0.05) is 22.2 Å². The van der Waals surface area contributed by atoms with E-state index in [0.717, 1.165) is 25.7 Å². The van der Waals surface area contributed by atoms with Gasteiger partial charge in [0.05, 0.1) is 37.4 Å². The van der Waals surface area contributed by atoms with Crippen molar-refractivity contribution in [3.05, 3.63) is 0 Å². The van der Waals surface area contributed by atoms with Crippen LogP contribution in [-0.2, 0) is 13.8 Å². The molecule has 2 aliphatic heterocycles. The quantitative estimate of drug-likeness (QED) is 0.194. The normalized spacial score (nSPS) is 25.8. The second-order valence-electron chi connectivity index (χ2n) is 13.1. The number of piperidine rings is 2. The molecule has 208 valence electrons. The molecule has 0 saturated carbocycles. The van der Waals surface area contributed by atoms with Gasteiger partial charge in [-0.3, -0.25) is 0 Å². The van der Waals surface area contributed by atoms with Gasteiger partial charge in [0.15, 0.2) is 0 Å². The van der Waals surface area contributed by atoms with Crippen LogP contribution in [0.15, 0.2) is 0 Å². The van der Waals surface area contributed by atoms with E-state index in [2.05, 4.69) is 66.0 Å². The summed E-state index contributed by atoms with van der Waals surface area (Å²) in [6.07, 6.45) is 2.21. The zero-order valence-corrected chi connectivity index (χ0v) is 24.3. The minimum absolute atomic E-state index is 0.0473. The van der Waals surface area contributed by atoms with Crippen molar-refractivity contribution in [2.45, 2.75) is 115 Å². The van der Waals surface area contributed by atoms with Crippen molar-refractivity contribution in [1.82, 2.24) is 10.6 Å². The second kappa shape index (κ2) is 11.7. The minimum Gasteiger partial charge on any atom is -0.396 e. The molecule has 2 heterocycles. The van der Waals surface area contributed by atoms with Crippen LogP contribution in [0.3, 0.4) is 0 Å². The van der Waals surface area contributed by atoms with Gasteiger partial charge in [-0.05, 0) is 87.0 Å². The number of nitrogens with one attached hydrogen (secondary N) is 2. The summed E-state index contributed by atoms with van der Waals surface area (Å²) in [5, 5.41) is 18.0. The molecule has 12 heteroatoms. The molecule has 2 rings (SSSR count). The van der Waals surface area contributed by atoms with Crippen molar-refractivity contribution in [2.75, 3.05) is 19.8 Å². The molecular formula is C23H48N2O8P2. The predicted octanol–water partition coefficient (Wildman–Crippen LogP) is 2.67. The standard InChI is InChI=1S/C23H48N2O8P2/c1-19(2)9-16(10-20(3,4)24-19)18(33-17-11-21(5,6)25-22(7,8)12-17)23(13-26,14-31-34(27)28)15-32-35(29)30/h16-18,24-30H,9-15H2,1-8H3. The minimum atomic E-state index is -2.69. The lowest BCUT2D eigenvalue weighted by Gasteiger charge is -2.54. The van der Waals surface area contributed by atoms with Gasteiger partial charge >= 0.3 is 17.2 Å². The highest BCUT2D eigenvalue weighted by Crippen LogP contribution is 2.46. The molecule has 1 unspecified atom stereocenters. The Morgan fingerprint density at radius 3 is 1.46 bits per heavy atom. The SMILES string of the molecule is CC1(C)CC(OC(C2CC(C)(C)NC(C)(C)C2)C(CO)(COP(O)O)COP(O)O)CC(C)(C)N1. The summed E-state index contributed by atoms with van der Waals surface area (Å²) in [5.41, 5.74) is -2.03. The average molecular weight is 543 g/mol. The molecule has 0 aromatic rings. The van der Waals surface area contributed by atoms with Gasteiger partial charge in [-0.15, -0.1) is 0 Å². The van der Waals surface area contributed by atoms with Crippen LogP contribution in [0.25, 0.3) is 0 Å². The summed E-state index contributed by atoms with van der Waals surface area (Å²) >= 11 is 0. The fourth-order valence-corrected chi connectivity index (χ4v) is 7.41. The Morgan fingerprint density at radius 2 is 1.11 bits per heavy atom. The summed E-state index contributed by atoms with van der Waals surface area (Å²) in [6.45, 7) is 16.1. The molecule has 2 aliphatic rings. The molecule has 0 aliphatic carbocycles. The van der Waals surface area contributed by atoms with Gasteiger partial charge in [-0.1, -0.05) is 0 Å². The molecule has 0 radical (unpaired) electrons. The van der Waals surface area contributed by atoms with Crippen molar-refractivity contribution in [2.24, 2.45) is 11.3 Å². The molecule has 0 aromatic carbocycles. The van der Waals surface area contributed by atoms with E-state index in [1.807, 2.05) is 0 Å². The van der Waals surface area contributed by atoms with Gasteiger partial charge in [-0.25, -0.2) is 0 Å². The Labute approximate surface area is 213 Å². The molecule has 2 fully saturated rings. The maximum absolute atomic E-state index is 10.7. The lowest BCUT2D eigenvalue weighted by atomic mass is 9.67. The highest BCUT2D eigenvalue weighted by Gasteiger charge is 2.52. The second-order valence-corrected chi connectivity index (χ2v) is 14.6. The molecule has 35 heavy (non-hydrogen) atoms. The van der Waals surface area contributed by atoms with Crippen LogP contribution in [0.5, 0.6) is 0 Å². The highest BCUT2D eigenvalue weighted by atomic mass is 31.2. The van der Waals surface area contributed by atoms with Crippen LogP contribution in [0.4, 0.5) is 0 Å². The smallest absolute Gasteiger partial charge is 0.327 e. The predicted molar refractivity (Wildman–Crippen MR) is 137 cm³/mol.